The van der Waals surface area contributed by atoms with E-state index in [0.717, 1.165) is 21.3 Å². The summed E-state index contributed by atoms with van der Waals surface area (Å²) in [5.41, 5.74) is 2.80. The highest BCUT2D eigenvalue weighted by atomic mass is 32.2. The van der Waals surface area contributed by atoms with Crippen molar-refractivity contribution in [3.05, 3.63) is 86.1 Å². The van der Waals surface area contributed by atoms with Crippen molar-refractivity contribution in [2.75, 3.05) is 6.26 Å². The molecule has 2 heterocycles. The summed E-state index contributed by atoms with van der Waals surface area (Å²) in [7, 11) is 0. The number of thioether (sulfide) groups is 1. The fourth-order valence-electron chi connectivity index (χ4n) is 3.27. The molecule has 0 aliphatic rings. The Labute approximate surface area is 192 Å². The molecule has 1 N–H and O–H groups in total. The van der Waals surface area contributed by atoms with Crippen LogP contribution < -0.4 is 16.6 Å². The first-order chi connectivity index (χ1) is 15.4. The fraction of sp³-hybridized carbons (Fsp3) is 0.217. The van der Waals surface area contributed by atoms with Gasteiger partial charge >= 0.3 is 5.69 Å². The topological polar surface area (TPSA) is 86.0 Å². The Hall–Kier alpha value is -3.17. The second-order valence-corrected chi connectivity index (χ2v) is 9.50. The van der Waals surface area contributed by atoms with E-state index in [4.69, 9.17) is 0 Å². The van der Waals surface area contributed by atoms with Crippen LogP contribution in [-0.2, 0) is 17.9 Å². The third-order valence-electron chi connectivity index (χ3n) is 5.04. The predicted octanol–water partition coefficient (Wildman–Crippen LogP) is 3.26. The Bertz CT molecular complexity index is 1400. The molecule has 7 nitrogen and oxygen atoms in total. The number of hydrogen-bond donors (Lipinski definition) is 1. The van der Waals surface area contributed by atoms with Gasteiger partial charge in [-0.25, -0.2) is 14.3 Å². The average Bonchev–Trinajstić information content (AvgIpc) is 3.22. The normalized spacial score (nSPS) is 11.1. The first-order valence-corrected chi connectivity index (χ1v) is 12.0. The number of hydrogen-bond acceptors (Lipinski definition) is 6. The third kappa shape index (κ3) is 4.39. The maximum Gasteiger partial charge on any atom is 0.337 e. The smallest absolute Gasteiger partial charge is 0.337 e. The van der Waals surface area contributed by atoms with Gasteiger partial charge in [0.05, 0.1) is 5.69 Å². The summed E-state index contributed by atoms with van der Waals surface area (Å²) in [5, 5.41) is 2.85. The van der Waals surface area contributed by atoms with E-state index in [-0.39, 0.29) is 18.1 Å². The van der Waals surface area contributed by atoms with Crippen LogP contribution in [0.25, 0.3) is 16.0 Å². The number of nitrogens with zero attached hydrogens (tertiary/aromatic N) is 3. The number of aromatic nitrogens is 3. The highest BCUT2D eigenvalue weighted by molar-refractivity contribution is 8.00. The van der Waals surface area contributed by atoms with E-state index < -0.39 is 11.2 Å². The number of carbonyl (C=O) groups is 1. The molecule has 0 unspecified atom stereocenters. The molecule has 0 aliphatic carbocycles. The van der Waals surface area contributed by atoms with Crippen LogP contribution >= 0.6 is 23.1 Å². The Morgan fingerprint density at radius 3 is 2.28 bits per heavy atom. The maximum atomic E-state index is 13.3. The molecule has 0 saturated carbocycles. The van der Waals surface area contributed by atoms with E-state index >= 15 is 0 Å². The van der Waals surface area contributed by atoms with Gasteiger partial charge in [-0.15, -0.1) is 11.3 Å². The number of benzene rings is 2. The molecular formula is C23H22N4O3S2. The lowest BCUT2D eigenvalue weighted by molar-refractivity contribution is -0.121. The van der Waals surface area contributed by atoms with E-state index in [0.29, 0.717) is 21.3 Å². The molecule has 0 saturated heterocycles. The van der Waals surface area contributed by atoms with Crippen molar-refractivity contribution in [3.8, 4) is 5.69 Å². The number of amides is 1. The molecule has 2 aromatic heterocycles. The lowest BCUT2D eigenvalue weighted by atomic mass is 10.1. The summed E-state index contributed by atoms with van der Waals surface area (Å²) < 4.78 is 3.39. The van der Waals surface area contributed by atoms with Gasteiger partial charge in [0.1, 0.15) is 11.2 Å². The zero-order valence-electron chi connectivity index (χ0n) is 17.9. The molecule has 2 aromatic carbocycles. The average molecular weight is 467 g/mol. The SMILES string of the molecule is CSc1nc2c(s1)c(=O)n(-c1ccc(C)cc1)c(=O)n2CC(=O)NCc1ccc(C)cc1. The number of thiazole rings is 1. The second-order valence-electron chi connectivity index (χ2n) is 7.44. The van der Waals surface area contributed by atoms with Crippen molar-refractivity contribution in [1.29, 1.82) is 0 Å². The molecule has 4 rings (SSSR count). The molecule has 4 aromatic rings. The van der Waals surface area contributed by atoms with Gasteiger partial charge in [0, 0.05) is 6.54 Å². The lowest BCUT2D eigenvalue weighted by Gasteiger charge is -2.12. The minimum atomic E-state index is -0.588. The van der Waals surface area contributed by atoms with Gasteiger partial charge in [0.25, 0.3) is 5.56 Å². The van der Waals surface area contributed by atoms with Crippen LogP contribution in [0.15, 0.2) is 62.5 Å². The van der Waals surface area contributed by atoms with Gasteiger partial charge in [-0.05, 0) is 37.8 Å². The van der Waals surface area contributed by atoms with E-state index in [1.165, 1.54) is 27.7 Å². The van der Waals surface area contributed by atoms with Gasteiger partial charge in [0.15, 0.2) is 9.99 Å². The van der Waals surface area contributed by atoms with E-state index in [1.54, 1.807) is 12.1 Å². The van der Waals surface area contributed by atoms with Crippen LogP contribution in [0.1, 0.15) is 16.7 Å². The summed E-state index contributed by atoms with van der Waals surface area (Å²) in [6, 6.07) is 15.0. The van der Waals surface area contributed by atoms with Crippen molar-refractivity contribution in [1.82, 2.24) is 19.4 Å². The number of carbonyl (C=O) groups excluding carboxylic acids is 1. The van der Waals surface area contributed by atoms with Crippen molar-refractivity contribution in [2.24, 2.45) is 0 Å². The van der Waals surface area contributed by atoms with Gasteiger partial charge in [-0.1, -0.05) is 59.3 Å². The van der Waals surface area contributed by atoms with Crippen LogP contribution in [0.3, 0.4) is 0 Å². The van der Waals surface area contributed by atoms with E-state index in [9.17, 15) is 14.4 Å². The molecule has 1 amide bonds. The first-order valence-electron chi connectivity index (χ1n) is 9.97. The predicted molar refractivity (Wildman–Crippen MR) is 129 cm³/mol. The highest BCUT2D eigenvalue weighted by Crippen LogP contribution is 2.25. The van der Waals surface area contributed by atoms with Crippen LogP contribution in [0.2, 0.25) is 0 Å². The number of rotatable bonds is 6. The van der Waals surface area contributed by atoms with Crippen LogP contribution in [0.4, 0.5) is 0 Å². The molecule has 9 heteroatoms. The fourth-order valence-corrected chi connectivity index (χ4v) is 4.77. The third-order valence-corrected chi connectivity index (χ3v) is 7.06. The molecular weight excluding hydrogens is 444 g/mol. The molecule has 0 fully saturated rings. The molecule has 164 valence electrons. The first kappa shape index (κ1) is 22.0. The quantitative estimate of drug-likeness (QED) is 0.441. The monoisotopic (exact) mass is 466 g/mol. The van der Waals surface area contributed by atoms with Gasteiger partial charge < -0.3 is 5.32 Å². The summed E-state index contributed by atoms with van der Waals surface area (Å²) in [4.78, 5) is 43.6. The van der Waals surface area contributed by atoms with Gasteiger partial charge in [0.2, 0.25) is 5.91 Å². The number of aryl methyl sites for hydroxylation is 2. The standard InChI is InChI=1S/C23H22N4O3S2/c1-14-4-8-16(9-5-14)12-24-18(28)13-26-20-19(32-22(25-20)31-3)21(29)27(23(26)30)17-10-6-15(2)7-11-17/h4-11H,12-13H2,1-3H3,(H,24,28). The largest absolute Gasteiger partial charge is 0.350 e. The zero-order chi connectivity index (χ0) is 22.8. The van der Waals surface area contributed by atoms with Crippen molar-refractivity contribution < 1.29 is 4.79 Å². The molecule has 0 radical (unpaired) electrons. The van der Waals surface area contributed by atoms with Crippen LogP contribution in [0.5, 0.6) is 0 Å². The minimum Gasteiger partial charge on any atom is -0.350 e. The Kier molecular flexibility index (Phi) is 6.29. The lowest BCUT2D eigenvalue weighted by Crippen LogP contribution is -2.41. The zero-order valence-corrected chi connectivity index (χ0v) is 19.5. The molecule has 0 bridgehead atoms. The Morgan fingerprint density at radius 1 is 1.03 bits per heavy atom. The molecule has 32 heavy (non-hydrogen) atoms. The highest BCUT2D eigenvalue weighted by Gasteiger charge is 2.20. The van der Waals surface area contributed by atoms with Gasteiger partial charge in [-0.3, -0.25) is 14.2 Å². The summed E-state index contributed by atoms with van der Waals surface area (Å²) in [5.74, 6) is -0.332. The summed E-state index contributed by atoms with van der Waals surface area (Å²) in [6.45, 7) is 4.05. The van der Waals surface area contributed by atoms with Crippen LogP contribution in [-0.4, -0.2) is 26.3 Å². The van der Waals surface area contributed by atoms with Crippen molar-refractivity contribution in [3.63, 3.8) is 0 Å². The maximum absolute atomic E-state index is 13.3. The Morgan fingerprint density at radius 2 is 1.66 bits per heavy atom. The van der Waals surface area contributed by atoms with E-state index in [1.807, 2.05) is 56.5 Å². The number of nitrogens with one attached hydrogen (secondary N) is 1. The Balaban J connectivity index is 1.73. The molecule has 0 aliphatic heterocycles. The molecule has 0 atom stereocenters. The minimum absolute atomic E-state index is 0.231. The van der Waals surface area contributed by atoms with Crippen molar-refractivity contribution in [2.45, 2.75) is 31.3 Å². The van der Waals surface area contributed by atoms with Crippen LogP contribution in [0, 0.1) is 13.8 Å². The summed E-state index contributed by atoms with van der Waals surface area (Å²) >= 11 is 2.62. The van der Waals surface area contributed by atoms with Gasteiger partial charge in [-0.2, -0.15) is 0 Å². The van der Waals surface area contributed by atoms with Crippen molar-refractivity contribution >= 4 is 39.4 Å². The van der Waals surface area contributed by atoms with E-state index in [2.05, 4.69) is 10.3 Å². The second kappa shape index (κ2) is 9.13. The number of fused-ring (bicyclic) bond motifs is 1. The summed E-state index contributed by atoms with van der Waals surface area (Å²) in [6.07, 6.45) is 1.85. The molecule has 0 spiro atoms.